The molecular formula is C32H34N2O12. The Morgan fingerprint density at radius 3 is 2.11 bits per heavy atom. The minimum absolute atomic E-state index is 0.0438. The van der Waals surface area contributed by atoms with Gasteiger partial charge in [-0.3, -0.25) is 10.1 Å². The molecule has 0 aliphatic rings. The molecule has 0 radical (unpaired) electrons. The van der Waals surface area contributed by atoms with E-state index in [1.807, 2.05) is 0 Å². The van der Waals surface area contributed by atoms with Gasteiger partial charge in [0, 0.05) is 19.1 Å². The van der Waals surface area contributed by atoms with Crippen molar-refractivity contribution in [2.75, 3.05) is 12.3 Å². The molecular weight excluding hydrogens is 604 g/mol. The number of benzene rings is 3. The van der Waals surface area contributed by atoms with Crippen molar-refractivity contribution in [2.45, 2.75) is 58.7 Å². The number of ether oxygens (including phenoxy) is 4. The molecule has 1 atom stereocenters. The molecule has 0 aliphatic heterocycles. The van der Waals surface area contributed by atoms with Gasteiger partial charge < -0.3 is 34.9 Å². The second-order valence-corrected chi connectivity index (χ2v) is 10.1. The van der Waals surface area contributed by atoms with Crippen LogP contribution in [0.3, 0.4) is 0 Å². The summed E-state index contributed by atoms with van der Waals surface area (Å²) < 4.78 is 21.6. The number of unbranched alkanes of at least 4 members (excludes halogenated alkanes) is 5. The van der Waals surface area contributed by atoms with Crippen molar-refractivity contribution in [1.29, 1.82) is 0 Å². The number of hydrogen-bond acceptors (Lipinski definition) is 11. The number of nitrogen functional groups attached to an aromatic ring is 1. The lowest BCUT2D eigenvalue weighted by Crippen LogP contribution is -2.23. The van der Waals surface area contributed by atoms with E-state index in [4.69, 9.17) is 29.8 Å². The average Bonchev–Trinajstić information content (AvgIpc) is 3.00. The van der Waals surface area contributed by atoms with E-state index in [1.165, 1.54) is 37.3 Å². The number of anilines is 1. The molecule has 0 saturated heterocycles. The first-order valence-corrected chi connectivity index (χ1v) is 14.4. The average molecular weight is 639 g/mol. The highest BCUT2D eigenvalue weighted by atomic mass is 16.7. The van der Waals surface area contributed by atoms with Gasteiger partial charge in [-0.15, -0.1) is 0 Å². The number of rotatable bonds is 17. The Balaban J connectivity index is 1.61. The summed E-state index contributed by atoms with van der Waals surface area (Å²) in [6.07, 6.45) is 4.86. The molecule has 3 rings (SSSR count). The van der Waals surface area contributed by atoms with Crippen LogP contribution in [0.15, 0.2) is 54.6 Å². The summed E-state index contributed by atoms with van der Waals surface area (Å²) in [6.45, 7) is 3.74. The number of esters is 2. The van der Waals surface area contributed by atoms with Crippen LogP contribution in [0.4, 0.5) is 11.4 Å². The lowest BCUT2D eigenvalue weighted by Gasteiger charge is -2.16. The van der Waals surface area contributed by atoms with E-state index in [0.29, 0.717) is 0 Å². The molecule has 3 aromatic carbocycles. The molecule has 4 N–H and O–H groups in total. The minimum Gasteiger partial charge on any atom is -0.487 e. The number of nitro benzene ring substituents is 1. The highest BCUT2D eigenvalue weighted by Crippen LogP contribution is 2.33. The Kier molecular flexibility index (Phi) is 12.4. The van der Waals surface area contributed by atoms with Crippen LogP contribution in [0.25, 0.3) is 0 Å². The lowest BCUT2D eigenvalue weighted by atomic mass is 10.0. The van der Waals surface area contributed by atoms with Crippen LogP contribution >= 0.6 is 0 Å². The predicted molar refractivity (Wildman–Crippen MR) is 164 cm³/mol. The second kappa shape index (κ2) is 16.4. The van der Waals surface area contributed by atoms with Gasteiger partial charge in [0.2, 0.25) is 6.29 Å². The minimum atomic E-state index is -1.45. The summed E-state index contributed by atoms with van der Waals surface area (Å²) >= 11 is 0. The van der Waals surface area contributed by atoms with Gasteiger partial charge in [-0.2, -0.15) is 0 Å². The van der Waals surface area contributed by atoms with Crippen molar-refractivity contribution in [3.8, 4) is 17.2 Å². The van der Waals surface area contributed by atoms with Crippen molar-refractivity contribution in [3.63, 3.8) is 0 Å². The summed E-state index contributed by atoms with van der Waals surface area (Å²) in [5, 5.41) is 30.2. The molecule has 1 unspecified atom stereocenters. The summed E-state index contributed by atoms with van der Waals surface area (Å²) in [5.41, 5.74) is 4.07. The molecule has 14 nitrogen and oxygen atoms in total. The molecule has 0 saturated carbocycles. The van der Waals surface area contributed by atoms with Gasteiger partial charge in [-0.05, 0) is 48.9 Å². The maximum absolute atomic E-state index is 12.8. The number of nitrogens with two attached hydrogens (primary N) is 1. The molecule has 0 heterocycles. The molecule has 0 spiro atoms. The number of carboxylic acids is 2. The van der Waals surface area contributed by atoms with E-state index < -0.39 is 51.9 Å². The number of nitro groups is 1. The zero-order chi connectivity index (χ0) is 33.8. The van der Waals surface area contributed by atoms with E-state index in [-0.39, 0.29) is 40.7 Å². The fourth-order valence-electron chi connectivity index (χ4n) is 4.29. The van der Waals surface area contributed by atoms with Crippen LogP contribution in [0, 0.1) is 10.1 Å². The summed E-state index contributed by atoms with van der Waals surface area (Å²) in [7, 11) is 0. The van der Waals surface area contributed by atoms with Crippen molar-refractivity contribution in [3.05, 3.63) is 87.0 Å². The van der Waals surface area contributed by atoms with Crippen LogP contribution in [0.1, 0.15) is 93.8 Å². The molecule has 0 fully saturated rings. The number of aromatic carboxylic acids is 2. The zero-order valence-corrected chi connectivity index (χ0v) is 25.2. The van der Waals surface area contributed by atoms with Crippen molar-refractivity contribution < 1.29 is 53.3 Å². The van der Waals surface area contributed by atoms with Gasteiger partial charge in [-0.1, -0.05) is 39.0 Å². The first-order valence-electron chi connectivity index (χ1n) is 14.4. The molecule has 3 aromatic rings. The van der Waals surface area contributed by atoms with Crippen LogP contribution in [-0.2, 0) is 4.74 Å². The SMILES string of the molecule is CCCCCCCCOc1cc(N)c(C(=O)Oc2ccc(OC(C)OC(=O)c3cc(C(=O)O)ccc3C(=O)O)cc2)cc1[N+](=O)[O-]. The van der Waals surface area contributed by atoms with Crippen LogP contribution in [-0.4, -0.2) is 51.9 Å². The fraction of sp³-hybridized carbons (Fsp3) is 0.312. The van der Waals surface area contributed by atoms with Gasteiger partial charge in [0.25, 0.3) is 0 Å². The Morgan fingerprint density at radius 1 is 0.826 bits per heavy atom. The first kappa shape index (κ1) is 34.8. The molecule has 244 valence electrons. The molecule has 46 heavy (non-hydrogen) atoms. The fourth-order valence-corrected chi connectivity index (χ4v) is 4.29. The molecule has 0 bridgehead atoms. The normalized spacial score (nSPS) is 11.3. The predicted octanol–water partition coefficient (Wildman–Crippen LogP) is 6.11. The third-order valence-corrected chi connectivity index (χ3v) is 6.63. The van der Waals surface area contributed by atoms with Crippen molar-refractivity contribution >= 4 is 35.3 Å². The third-order valence-electron chi connectivity index (χ3n) is 6.63. The molecule has 14 heteroatoms. The van der Waals surface area contributed by atoms with E-state index in [2.05, 4.69) is 6.92 Å². The summed E-state index contributed by atoms with van der Waals surface area (Å²) in [6, 6.07) is 10.6. The smallest absolute Gasteiger partial charge is 0.345 e. The molecule has 0 aliphatic carbocycles. The van der Waals surface area contributed by atoms with Crippen molar-refractivity contribution in [1.82, 2.24) is 0 Å². The van der Waals surface area contributed by atoms with Crippen LogP contribution in [0.2, 0.25) is 0 Å². The maximum Gasteiger partial charge on any atom is 0.345 e. The summed E-state index contributed by atoms with van der Waals surface area (Å²) in [4.78, 5) is 59.2. The number of carbonyl (C=O) groups excluding carboxylic acids is 2. The highest BCUT2D eigenvalue weighted by molar-refractivity contribution is 6.04. The number of carboxylic acid groups (broad SMARTS) is 2. The van der Waals surface area contributed by atoms with E-state index >= 15 is 0 Å². The molecule has 0 amide bonds. The van der Waals surface area contributed by atoms with Gasteiger partial charge in [-0.25, -0.2) is 19.2 Å². The van der Waals surface area contributed by atoms with Crippen LogP contribution in [0.5, 0.6) is 17.2 Å². The third kappa shape index (κ3) is 9.67. The Morgan fingerprint density at radius 2 is 1.48 bits per heavy atom. The Bertz CT molecular complexity index is 1590. The number of carbonyl (C=O) groups is 4. The second-order valence-electron chi connectivity index (χ2n) is 10.1. The van der Waals surface area contributed by atoms with Gasteiger partial charge >= 0.3 is 29.6 Å². The van der Waals surface area contributed by atoms with Crippen molar-refractivity contribution in [2.24, 2.45) is 0 Å². The quantitative estimate of drug-likeness (QED) is 0.0289. The Labute approximate surface area is 263 Å². The highest BCUT2D eigenvalue weighted by Gasteiger charge is 2.24. The number of hydrogen-bond donors (Lipinski definition) is 3. The Hall–Kier alpha value is -5.66. The monoisotopic (exact) mass is 638 g/mol. The van der Waals surface area contributed by atoms with E-state index in [1.54, 1.807) is 0 Å². The van der Waals surface area contributed by atoms with Gasteiger partial charge in [0.15, 0.2) is 5.75 Å². The van der Waals surface area contributed by atoms with E-state index in [9.17, 15) is 34.4 Å². The van der Waals surface area contributed by atoms with Gasteiger partial charge in [0.05, 0.1) is 39.5 Å². The topological polar surface area (TPSA) is 215 Å². The van der Waals surface area contributed by atoms with Gasteiger partial charge in [0.1, 0.15) is 11.5 Å². The number of nitrogens with zero attached hydrogens (tertiary/aromatic N) is 1. The van der Waals surface area contributed by atoms with Crippen LogP contribution < -0.4 is 19.9 Å². The first-order chi connectivity index (χ1) is 21.9. The lowest BCUT2D eigenvalue weighted by molar-refractivity contribution is -0.385. The zero-order valence-electron chi connectivity index (χ0n) is 25.2. The maximum atomic E-state index is 12.8. The molecule has 0 aromatic heterocycles. The standard InChI is InChI=1S/C32H34N2O12/c1-3-4-5-6-7-8-15-43-28-18-26(33)25(17-27(28)34(41)42)32(40)46-22-12-10-21(11-13-22)44-19(2)45-31(39)24-16-20(29(35)36)9-14-23(24)30(37)38/h9-14,16-19H,3-8,15,33H2,1-2H3,(H,35,36)(H,37,38). The summed E-state index contributed by atoms with van der Waals surface area (Å²) in [5.74, 6) is -4.71. The van der Waals surface area contributed by atoms with E-state index in [0.717, 1.165) is 62.8 Å². The largest absolute Gasteiger partial charge is 0.487 e.